The van der Waals surface area contributed by atoms with Gasteiger partial charge in [0.05, 0.1) is 7.11 Å². The standard InChI is InChI=1S/C15H17NO2/c1-3-4-10-14(18-2)13(11-16)15(17)12-8-6-5-7-9-12/h5-9H,3-4,10H2,1-2H3/b14-13+. The van der Waals surface area contributed by atoms with Crippen LogP contribution in [0.25, 0.3) is 0 Å². The molecule has 0 saturated heterocycles. The number of benzene rings is 1. The third kappa shape index (κ3) is 3.46. The number of Topliss-reactive ketones (excluding diaryl/α,β-unsaturated/α-hetero) is 1. The number of unbranched alkanes of at least 4 members (excludes halogenated alkanes) is 1. The van der Waals surface area contributed by atoms with E-state index in [9.17, 15) is 4.79 Å². The zero-order chi connectivity index (χ0) is 13.4. The second kappa shape index (κ2) is 7.29. The molecule has 3 nitrogen and oxygen atoms in total. The van der Waals surface area contributed by atoms with Crippen molar-refractivity contribution in [1.82, 2.24) is 0 Å². The normalized spacial score (nSPS) is 11.4. The second-order valence-electron chi connectivity index (χ2n) is 3.91. The molecular formula is C15H17NO2. The Kier molecular flexibility index (Phi) is 5.66. The smallest absolute Gasteiger partial charge is 0.206 e. The van der Waals surface area contributed by atoms with Crippen LogP contribution in [0.2, 0.25) is 0 Å². The van der Waals surface area contributed by atoms with Crippen molar-refractivity contribution in [3.63, 3.8) is 0 Å². The first-order valence-electron chi connectivity index (χ1n) is 6.01. The number of nitrogens with zero attached hydrogens (tertiary/aromatic N) is 1. The van der Waals surface area contributed by atoms with Gasteiger partial charge in [-0.25, -0.2) is 0 Å². The van der Waals surface area contributed by atoms with E-state index in [1.165, 1.54) is 7.11 Å². The van der Waals surface area contributed by atoms with Crippen LogP contribution in [0.3, 0.4) is 0 Å². The first-order chi connectivity index (χ1) is 8.74. The van der Waals surface area contributed by atoms with Gasteiger partial charge in [-0.3, -0.25) is 4.79 Å². The fourth-order valence-corrected chi connectivity index (χ4v) is 1.64. The number of carbonyl (C=O) groups excluding carboxylic acids is 1. The summed E-state index contributed by atoms with van der Waals surface area (Å²) in [5.74, 6) is 0.208. The molecule has 94 valence electrons. The molecule has 0 heterocycles. The average molecular weight is 243 g/mol. The van der Waals surface area contributed by atoms with Crippen molar-refractivity contribution in [3.05, 3.63) is 47.2 Å². The Labute approximate surface area is 108 Å². The third-order valence-corrected chi connectivity index (χ3v) is 2.66. The molecule has 3 heteroatoms. The Morgan fingerprint density at radius 1 is 1.33 bits per heavy atom. The number of methoxy groups -OCH3 is 1. The van der Waals surface area contributed by atoms with Crippen molar-refractivity contribution in [2.24, 2.45) is 0 Å². The van der Waals surface area contributed by atoms with Gasteiger partial charge in [0.15, 0.2) is 0 Å². The molecule has 0 bridgehead atoms. The summed E-state index contributed by atoms with van der Waals surface area (Å²) in [6.45, 7) is 2.05. The van der Waals surface area contributed by atoms with Gasteiger partial charge in [0.25, 0.3) is 0 Å². The lowest BCUT2D eigenvalue weighted by molar-refractivity contribution is 0.103. The third-order valence-electron chi connectivity index (χ3n) is 2.66. The Morgan fingerprint density at radius 3 is 2.50 bits per heavy atom. The molecule has 0 N–H and O–H groups in total. The van der Waals surface area contributed by atoms with Crippen molar-refractivity contribution in [1.29, 1.82) is 5.26 Å². The molecule has 0 amide bonds. The van der Waals surface area contributed by atoms with Gasteiger partial charge in [-0.1, -0.05) is 43.7 Å². The lowest BCUT2D eigenvalue weighted by Crippen LogP contribution is -2.06. The summed E-state index contributed by atoms with van der Waals surface area (Å²) in [6.07, 6.45) is 2.51. The minimum absolute atomic E-state index is 0.108. The summed E-state index contributed by atoms with van der Waals surface area (Å²) in [6, 6.07) is 10.8. The summed E-state index contributed by atoms with van der Waals surface area (Å²) < 4.78 is 5.18. The number of ether oxygens (including phenoxy) is 1. The van der Waals surface area contributed by atoms with Crippen molar-refractivity contribution in [2.75, 3.05) is 7.11 Å². The predicted octanol–water partition coefficient (Wildman–Crippen LogP) is 3.48. The highest BCUT2D eigenvalue weighted by atomic mass is 16.5. The molecule has 1 rings (SSSR count). The molecule has 1 aromatic carbocycles. The van der Waals surface area contributed by atoms with Crippen LogP contribution in [0.15, 0.2) is 41.7 Å². The summed E-state index contributed by atoms with van der Waals surface area (Å²) >= 11 is 0. The zero-order valence-corrected chi connectivity index (χ0v) is 10.8. The van der Waals surface area contributed by atoms with Crippen LogP contribution in [0.5, 0.6) is 0 Å². The number of rotatable bonds is 6. The lowest BCUT2D eigenvalue weighted by Gasteiger charge is -2.08. The maximum Gasteiger partial charge on any atom is 0.206 e. The van der Waals surface area contributed by atoms with E-state index in [1.54, 1.807) is 24.3 Å². The van der Waals surface area contributed by atoms with E-state index in [4.69, 9.17) is 10.00 Å². The number of allylic oxidation sites excluding steroid dienone is 2. The first-order valence-corrected chi connectivity index (χ1v) is 6.01. The molecule has 0 aliphatic carbocycles. The molecular weight excluding hydrogens is 226 g/mol. The van der Waals surface area contributed by atoms with Gasteiger partial charge in [-0.05, 0) is 6.42 Å². The number of carbonyl (C=O) groups is 1. The van der Waals surface area contributed by atoms with Crippen LogP contribution in [0.1, 0.15) is 36.5 Å². The number of nitriles is 1. The molecule has 0 aliphatic rings. The van der Waals surface area contributed by atoms with Gasteiger partial charge in [-0.15, -0.1) is 0 Å². The highest BCUT2D eigenvalue weighted by molar-refractivity contribution is 6.11. The Morgan fingerprint density at radius 2 is 2.00 bits per heavy atom. The Hall–Kier alpha value is -2.08. The molecule has 0 radical (unpaired) electrons. The van der Waals surface area contributed by atoms with Crippen molar-refractivity contribution < 1.29 is 9.53 Å². The van der Waals surface area contributed by atoms with Crippen LogP contribution < -0.4 is 0 Å². The first kappa shape index (κ1) is 14.0. The van der Waals surface area contributed by atoms with Gasteiger partial charge in [0, 0.05) is 12.0 Å². The second-order valence-corrected chi connectivity index (χ2v) is 3.91. The number of hydrogen-bond acceptors (Lipinski definition) is 3. The Balaban J connectivity index is 3.05. The molecule has 18 heavy (non-hydrogen) atoms. The SMILES string of the molecule is CCCC/C(OC)=C(/C#N)C(=O)c1ccccc1. The fourth-order valence-electron chi connectivity index (χ4n) is 1.64. The van der Waals surface area contributed by atoms with Gasteiger partial charge in [-0.2, -0.15) is 5.26 Å². The van der Waals surface area contributed by atoms with E-state index < -0.39 is 0 Å². The van der Waals surface area contributed by atoms with Crippen LogP contribution in [-0.2, 0) is 4.74 Å². The largest absolute Gasteiger partial charge is 0.500 e. The van der Waals surface area contributed by atoms with E-state index >= 15 is 0 Å². The summed E-state index contributed by atoms with van der Waals surface area (Å²) in [5.41, 5.74) is 0.622. The van der Waals surface area contributed by atoms with Gasteiger partial charge in [0.1, 0.15) is 17.4 Å². The van der Waals surface area contributed by atoms with Gasteiger partial charge < -0.3 is 4.74 Å². The summed E-state index contributed by atoms with van der Waals surface area (Å²) in [4.78, 5) is 12.2. The molecule has 0 aliphatic heterocycles. The van der Waals surface area contributed by atoms with Crippen molar-refractivity contribution in [2.45, 2.75) is 26.2 Å². The van der Waals surface area contributed by atoms with Gasteiger partial charge in [0.2, 0.25) is 5.78 Å². The minimum Gasteiger partial charge on any atom is -0.500 e. The van der Waals surface area contributed by atoms with E-state index in [-0.39, 0.29) is 11.4 Å². The zero-order valence-electron chi connectivity index (χ0n) is 10.8. The monoisotopic (exact) mass is 243 g/mol. The van der Waals surface area contributed by atoms with Crippen LogP contribution in [0.4, 0.5) is 0 Å². The van der Waals surface area contributed by atoms with E-state index in [1.807, 2.05) is 12.1 Å². The van der Waals surface area contributed by atoms with Crippen LogP contribution in [0, 0.1) is 11.3 Å². The van der Waals surface area contributed by atoms with Crippen molar-refractivity contribution >= 4 is 5.78 Å². The molecule has 0 spiro atoms. The average Bonchev–Trinajstić information content (AvgIpc) is 2.43. The molecule has 0 aromatic heterocycles. The topological polar surface area (TPSA) is 50.1 Å². The predicted molar refractivity (Wildman–Crippen MR) is 69.9 cm³/mol. The highest BCUT2D eigenvalue weighted by Gasteiger charge is 2.17. The summed E-state index contributed by atoms with van der Waals surface area (Å²) in [5, 5.41) is 9.15. The highest BCUT2D eigenvalue weighted by Crippen LogP contribution is 2.17. The minimum atomic E-state index is -0.272. The van der Waals surface area contributed by atoms with Crippen LogP contribution >= 0.6 is 0 Å². The number of ketones is 1. The molecule has 1 aromatic rings. The maximum atomic E-state index is 12.2. The van der Waals surface area contributed by atoms with E-state index in [0.717, 1.165) is 12.8 Å². The lowest BCUT2D eigenvalue weighted by atomic mass is 10.0. The fraction of sp³-hybridized carbons (Fsp3) is 0.333. The van der Waals surface area contributed by atoms with Crippen molar-refractivity contribution in [3.8, 4) is 6.07 Å². The molecule has 0 fully saturated rings. The molecule has 0 atom stereocenters. The van der Waals surface area contributed by atoms with E-state index in [0.29, 0.717) is 17.7 Å². The van der Waals surface area contributed by atoms with Crippen LogP contribution in [-0.4, -0.2) is 12.9 Å². The van der Waals surface area contributed by atoms with E-state index in [2.05, 4.69) is 6.92 Å². The molecule has 0 unspecified atom stereocenters. The maximum absolute atomic E-state index is 12.2. The Bertz CT molecular complexity index is 469. The summed E-state index contributed by atoms with van der Waals surface area (Å²) in [7, 11) is 1.50. The van der Waals surface area contributed by atoms with Gasteiger partial charge >= 0.3 is 0 Å². The number of hydrogen-bond donors (Lipinski definition) is 0. The quantitative estimate of drug-likeness (QED) is 0.332. The molecule has 0 saturated carbocycles.